The van der Waals surface area contributed by atoms with E-state index >= 15 is 0 Å². The van der Waals surface area contributed by atoms with Crippen LogP contribution in [0.5, 0.6) is 0 Å². The molecule has 0 atom stereocenters. The molecule has 0 aliphatic heterocycles. The molecule has 20 heavy (non-hydrogen) atoms. The molecule has 0 amide bonds. The molecule has 5 nitrogen and oxygen atoms in total. The van der Waals surface area contributed by atoms with Gasteiger partial charge in [0, 0.05) is 22.5 Å². The molecule has 0 heterocycles. The summed E-state index contributed by atoms with van der Waals surface area (Å²) in [7, 11) is -3.73. The van der Waals surface area contributed by atoms with Crippen molar-refractivity contribution in [2.24, 2.45) is 0 Å². The van der Waals surface area contributed by atoms with Gasteiger partial charge in [-0.2, -0.15) is 11.8 Å². The highest BCUT2D eigenvalue weighted by Gasteiger charge is 2.19. The molecule has 0 fully saturated rings. The van der Waals surface area contributed by atoms with Gasteiger partial charge in [-0.05, 0) is 34.1 Å². The first kappa shape index (κ1) is 17.2. The Hall–Kier alpha value is -0.830. The fourth-order valence-corrected chi connectivity index (χ4v) is 4.06. The molecule has 2 N–H and O–H groups in total. The van der Waals surface area contributed by atoms with E-state index in [1.165, 1.54) is 12.1 Å². The van der Waals surface area contributed by atoms with Crippen molar-refractivity contribution in [2.45, 2.75) is 4.90 Å². The van der Waals surface area contributed by atoms with Crippen molar-refractivity contribution in [3.05, 3.63) is 40.9 Å². The average Bonchev–Trinajstić information content (AvgIpc) is 2.38. The van der Waals surface area contributed by atoms with Gasteiger partial charge >= 0.3 is 5.97 Å². The third-order valence-electron chi connectivity index (χ3n) is 2.24. The van der Waals surface area contributed by atoms with Crippen LogP contribution in [-0.4, -0.2) is 37.5 Å². The van der Waals surface area contributed by atoms with Gasteiger partial charge in [-0.3, -0.25) is 0 Å². The van der Waals surface area contributed by atoms with Gasteiger partial charge in [-0.15, -0.1) is 6.58 Å². The largest absolute Gasteiger partial charge is 0.478 e. The molecule has 110 valence electrons. The van der Waals surface area contributed by atoms with E-state index in [1.54, 1.807) is 17.8 Å². The Morgan fingerprint density at radius 2 is 2.20 bits per heavy atom. The highest BCUT2D eigenvalue weighted by atomic mass is 79.9. The molecule has 1 rings (SSSR count). The van der Waals surface area contributed by atoms with Crippen molar-refractivity contribution in [1.29, 1.82) is 0 Å². The summed E-state index contributed by atoms with van der Waals surface area (Å²) in [6.45, 7) is 3.84. The van der Waals surface area contributed by atoms with Gasteiger partial charge in [0.2, 0.25) is 10.0 Å². The van der Waals surface area contributed by atoms with Crippen molar-refractivity contribution >= 4 is 43.7 Å². The van der Waals surface area contributed by atoms with Gasteiger partial charge in [-0.25, -0.2) is 17.9 Å². The molecule has 1 aromatic rings. The number of hydrogen-bond acceptors (Lipinski definition) is 4. The number of aromatic carboxylic acids is 1. The zero-order valence-corrected chi connectivity index (χ0v) is 13.7. The summed E-state index contributed by atoms with van der Waals surface area (Å²) in [6.07, 6.45) is 1.74. The summed E-state index contributed by atoms with van der Waals surface area (Å²) in [6, 6.07) is 3.88. The smallest absolute Gasteiger partial charge is 0.335 e. The van der Waals surface area contributed by atoms with Crippen molar-refractivity contribution in [3.63, 3.8) is 0 Å². The molecule has 8 heteroatoms. The van der Waals surface area contributed by atoms with Crippen LogP contribution in [0.4, 0.5) is 0 Å². The maximum atomic E-state index is 12.1. The van der Waals surface area contributed by atoms with Crippen LogP contribution in [0.25, 0.3) is 0 Å². The number of carbonyl (C=O) groups is 1. The maximum Gasteiger partial charge on any atom is 0.335 e. The molecule has 0 unspecified atom stereocenters. The Balaban J connectivity index is 2.83. The van der Waals surface area contributed by atoms with Crippen molar-refractivity contribution in [1.82, 2.24) is 4.72 Å². The average molecular weight is 380 g/mol. The molecular weight excluding hydrogens is 366 g/mol. The Morgan fingerprint density at radius 3 is 2.80 bits per heavy atom. The first-order chi connectivity index (χ1) is 9.38. The van der Waals surface area contributed by atoms with Crippen LogP contribution in [0.1, 0.15) is 10.4 Å². The second-order valence-corrected chi connectivity index (χ2v) is 7.45. The number of carboxylic acid groups (broad SMARTS) is 1. The molecular formula is C12H14BrNO4S2. The lowest BCUT2D eigenvalue weighted by Gasteiger charge is -2.09. The SMILES string of the molecule is C=CCSCCNS(=O)(=O)c1cc(C(=O)O)ccc1Br. The lowest BCUT2D eigenvalue weighted by atomic mass is 10.2. The van der Waals surface area contributed by atoms with Crippen LogP contribution < -0.4 is 4.72 Å². The number of hydrogen-bond donors (Lipinski definition) is 2. The van der Waals surface area contributed by atoms with Crippen LogP contribution in [0.15, 0.2) is 40.2 Å². The maximum absolute atomic E-state index is 12.1. The van der Waals surface area contributed by atoms with Crippen LogP contribution in [0.3, 0.4) is 0 Å². The van der Waals surface area contributed by atoms with Gasteiger partial charge in [0.05, 0.1) is 10.5 Å². The predicted molar refractivity (Wildman–Crippen MR) is 83.8 cm³/mol. The predicted octanol–water partition coefficient (Wildman–Crippen LogP) is 2.34. The summed E-state index contributed by atoms with van der Waals surface area (Å²) in [5.41, 5.74) is -0.0744. The van der Waals surface area contributed by atoms with Crippen molar-refractivity contribution < 1.29 is 18.3 Å². The minimum Gasteiger partial charge on any atom is -0.478 e. The molecule has 0 aliphatic rings. The summed E-state index contributed by atoms with van der Waals surface area (Å²) < 4.78 is 27.0. The first-order valence-electron chi connectivity index (χ1n) is 5.59. The number of benzene rings is 1. The third-order valence-corrected chi connectivity index (χ3v) is 5.66. The fourth-order valence-electron chi connectivity index (χ4n) is 1.33. The molecule has 0 aliphatic carbocycles. The second kappa shape index (κ2) is 7.82. The first-order valence-corrected chi connectivity index (χ1v) is 9.02. The minimum atomic E-state index is -3.73. The standard InChI is InChI=1S/C12H14BrNO4S2/c1-2-6-19-7-5-14-20(17,18)11-8-9(12(15)16)3-4-10(11)13/h2-4,8,14H,1,5-7H2,(H,15,16). The van der Waals surface area contributed by atoms with Crippen LogP contribution in [0.2, 0.25) is 0 Å². The quantitative estimate of drug-likeness (QED) is 0.534. The highest BCUT2D eigenvalue weighted by Crippen LogP contribution is 2.23. The molecule has 0 saturated carbocycles. The van der Waals surface area contributed by atoms with E-state index in [1.807, 2.05) is 0 Å². The van der Waals surface area contributed by atoms with Crippen LogP contribution >= 0.6 is 27.7 Å². The number of halogens is 1. The number of carboxylic acids is 1. The number of thioether (sulfide) groups is 1. The Labute approximate surface area is 130 Å². The summed E-state index contributed by atoms with van der Waals surface area (Å²) >= 11 is 4.67. The summed E-state index contributed by atoms with van der Waals surface area (Å²) in [5, 5.41) is 8.90. The zero-order valence-electron chi connectivity index (χ0n) is 10.5. The molecule has 0 aromatic heterocycles. The Bertz CT molecular complexity index is 601. The van der Waals surface area contributed by atoms with Gasteiger partial charge in [0.1, 0.15) is 0 Å². The second-order valence-electron chi connectivity index (χ2n) is 3.71. The number of sulfonamides is 1. The minimum absolute atomic E-state index is 0.0744. The normalized spacial score (nSPS) is 11.2. The van der Waals surface area contributed by atoms with Gasteiger partial charge in [0.25, 0.3) is 0 Å². The highest BCUT2D eigenvalue weighted by molar-refractivity contribution is 9.10. The van der Waals surface area contributed by atoms with E-state index in [0.29, 0.717) is 10.2 Å². The van der Waals surface area contributed by atoms with Crippen molar-refractivity contribution in [3.8, 4) is 0 Å². The number of rotatable bonds is 8. The summed E-state index contributed by atoms with van der Waals surface area (Å²) in [5.74, 6) is 0.192. The van der Waals surface area contributed by atoms with Gasteiger partial charge < -0.3 is 5.11 Å². The van der Waals surface area contributed by atoms with E-state index in [-0.39, 0.29) is 17.0 Å². The topological polar surface area (TPSA) is 83.5 Å². The Morgan fingerprint density at radius 1 is 1.50 bits per heavy atom. The molecule has 0 radical (unpaired) electrons. The summed E-state index contributed by atoms with van der Waals surface area (Å²) in [4.78, 5) is 10.8. The lowest BCUT2D eigenvalue weighted by Crippen LogP contribution is -2.26. The van der Waals surface area contributed by atoms with E-state index < -0.39 is 16.0 Å². The van der Waals surface area contributed by atoms with E-state index in [0.717, 1.165) is 11.8 Å². The van der Waals surface area contributed by atoms with Crippen LogP contribution in [0, 0.1) is 0 Å². The monoisotopic (exact) mass is 379 g/mol. The Kier molecular flexibility index (Phi) is 6.74. The molecule has 0 bridgehead atoms. The van der Waals surface area contributed by atoms with Crippen LogP contribution in [-0.2, 0) is 10.0 Å². The fraction of sp³-hybridized carbons (Fsp3) is 0.250. The van der Waals surface area contributed by atoms with E-state index in [9.17, 15) is 13.2 Å². The molecule has 1 aromatic carbocycles. The van der Waals surface area contributed by atoms with Gasteiger partial charge in [-0.1, -0.05) is 6.08 Å². The van der Waals surface area contributed by atoms with Gasteiger partial charge in [0.15, 0.2) is 0 Å². The number of nitrogens with one attached hydrogen (secondary N) is 1. The van der Waals surface area contributed by atoms with E-state index in [4.69, 9.17) is 5.11 Å². The molecule has 0 spiro atoms. The third kappa shape index (κ3) is 4.93. The van der Waals surface area contributed by atoms with E-state index in [2.05, 4.69) is 27.2 Å². The lowest BCUT2D eigenvalue weighted by molar-refractivity contribution is 0.0696. The zero-order chi connectivity index (χ0) is 15.2. The molecule has 0 saturated heterocycles. The van der Waals surface area contributed by atoms with Crippen molar-refractivity contribution in [2.75, 3.05) is 18.1 Å².